The number of halogens is 3. The number of carboxylic acid groups (broad SMARTS) is 1. The molecule has 3 aliphatic rings. The van der Waals surface area contributed by atoms with Crippen molar-refractivity contribution in [1.29, 1.82) is 0 Å². The van der Waals surface area contributed by atoms with E-state index in [2.05, 4.69) is 17.9 Å². The number of hydrogen-bond donors (Lipinski definition) is 1. The Hall–Kier alpha value is -2.80. The molecule has 7 heteroatoms. The zero-order valence-electron chi connectivity index (χ0n) is 19.1. The minimum absolute atomic E-state index is 0.00977. The van der Waals surface area contributed by atoms with Crippen molar-refractivity contribution in [3.05, 3.63) is 69.8 Å². The van der Waals surface area contributed by atoms with Crippen LogP contribution >= 0.6 is 0 Å². The van der Waals surface area contributed by atoms with Crippen molar-refractivity contribution in [3.8, 4) is 5.75 Å². The summed E-state index contributed by atoms with van der Waals surface area (Å²) in [5.41, 5.74) is 5.60. The second-order valence-corrected chi connectivity index (χ2v) is 9.76. The first-order valence-electron chi connectivity index (χ1n) is 11.8. The molecule has 180 valence electrons. The SMILES string of the molecule is CC1=C(CN2CC(C(=O)O)C2)CCc2cc(OCc3ccc(C(F)(F)F)c(C4CC4)c3)ccc21. The Bertz CT molecular complexity index is 1140. The van der Waals surface area contributed by atoms with Gasteiger partial charge in [0, 0.05) is 19.6 Å². The summed E-state index contributed by atoms with van der Waals surface area (Å²) in [4.78, 5) is 13.2. The van der Waals surface area contributed by atoms with Crippen molar-refractivity contribution in [3.63, 3.8) is 0 Å². The summed E-state index contributed by atoms with van der Waals surface area (Å²) in [7, 11) is 0. The standard InChI is InChI=1S/C27H28F3NO3/c1-16-20(12-31-13-21(14-31)26(32)33)6-5-19-11-22(7-8-23(16)19)34-15-17-2-9-25(27(28,29)30)24(10-17)18-3-4-18/h2,7-11,18,21H,3-6,12-15H2,1H3,(H,32,33). The molecule has 4 nitrogen and oxygen atoms in total. The number of nitrogens with zero attached hydrogens (tertiary/aromatic N) is 1. The first-order chi connectivity index (χ1) is 16.2. The quantitative estimate of drug-likeness (QED) is 0.547. The van der Waals surface area contributed by atoms with E-state index in [9.17, 15) is 18.0 Å². The lowest BCUT2D eigenvalue weighted by Crippen LogP contribution is -2.50. The summed E-state index contributed by atoms with van der Waals surface area (Å²) in [6.45, 7) is 4.38. The Kier molecular flexibility index (Phi) is 5.92. The van der Waals surface area contributed by atoms with Crippen LogP contribution < -0.4 is 4.74 Å². The predicted octanol–water partition coefficient (Wildman–Crippen LogP) is 5.90. The van der Waals surface area contributed by atoms with Gasteiger partial charge in [0.25, 0.3) is 0 Å². The lowest BCUT2D eigenvalue weighted by Gasteiger charge is -2.38. The maximum Gasteiger partial charge on any atom is 0.416 e. The second-order valence-electron chi connectivity index (χ2n) is 9.76. The number of fused-ring (bicyclic) bond motifs is 1. The fourth-order valence-corrected chi connectivity index (χ4v) is 5.08. The molecule has 0 atom stereocenters. The molecule has 1 saturated heterocycles. The van der Waals surface area contributed by atoms with Gasteiger partial charge in [-0.1, -0.05) is 23.8 Å². The first kappa shape index (κ1) is 23.0. The molecule has 0 amide bonds. The average molecular weight is 472 g/mol. The van der Waals surface area contributed by atoms with Gasteiger partial charge in [-0.2, -0.15) is 13.2 Å². The van der Waals surface area contributed by atoms with Gasteiger partial charge in [-0.15, -0.1) is 0 Å². The number of aryl methyl sites for hydroxylation is 1. The molecule has 0 unspecified atom stereocenters. The highest BCUT2D eigenvalue weighted by Gasteiger charge is 2.38. The maximum absolute atomic E-state index is 13.3. The number of alkyl halides is 3. The van der Waals surface area contributed by atoms with Crippen molar-refractivity contribution >= 4 is 11.5 Å². The Labute approximate surface area is 197 Å². The number of aliphatic carboxylic acids is 1. The van der Waals surface area contributed by atoms with Crippen LogP contribution in [-0.4, -0.2) is 35.6 Å². The van der Waals surface area contributed by atoms with Gasteiger partial charge in [0.1, 0.15) is 12.4 Å². The van der Waals surface area contributed by atoms with Crippen molar-refractivity contribution in [2.24, 2.45) is 5.92 Å². The number of allylic oxidation sites excluding steroid dienone is 1. The van der Waals surface area contributed by atoms with E-state index in [1.807, 2.05) is 12.1 Å². The summed E-state index contributed by atoms with van der Waals surface area (Å²) >= 11 is 0. The number of benzene rings is 2. The van der Waals surface area contributed by atoms with E-state index in [1.54, 1.807) is 6.07 Å². The van der Waals surface area contributed by atoms with Crippen LogP contribution in [0.4, 0.5) is 13.2 Å². The highest BCUT2D eigenvalue weighted by Crippen LogP contribution is 2.46. The van der Waals surface area contributed by atoms with Crippen molar-refractivity contribution in [1.82, 2.24) is 4.90 Å². The van der Waals surface area contributed by atoms with Crippen molar-refractivity contribution < 1.29 is 27.8 Å². The molecule has 1 N–H and O–H groups in total. The number of carbonyl (C=O) groups is 1. The van der Waals surface area contributed by atoms with Gasteiger partial charge in [-0.05, 0) is 84.6 Å². The van der Waals surface area contributed by atoms with E-state index in [4.69, 9.17) is 9.84 Å². The van der Waals surface area contributed by atoms with Crippen molar-refractivity contribution in [2.45, 2.75) is 51.3 Å². The van der Waals surface area contributed by atoms with Crippen LogP contribution in [0, 0.1) is 5.92 Å². The Morgan fingerprint density at radius 3 is 2.56 bits per heavy atom. The van der Waals surface area contributed by atoms with Crippen LogP contribution in [0.2, 0.25) is 0 Å². The van der Waals surface area contributed by atoms with Gasteiger partial charge in [-0.3, -0.25) is 9.69 Å². The minimum Gasteiger partial charge on any atom is -0.489 e. The number of likely N-dealkylation sites (tertiary alicyclic amines) is 1. The fourth-order valence-electron chi connectivity index (χ4n) is 5.08. The van der Waals surface area contributed by atoms with E-state index >= 15 is 0 Å². The summed E-state index contributed by atoms with van der Waals surface area (Å²) in [5, 5.41) is 9.07. The van der Waals surface area contributed by atoms with Gasteiger partial charge >= 0.3 is 12.1 Å². The van der Waals surface area contributed by atoms with Gasteiger partial charge < -0.3 is 9.84 Å². The van der Waals surface area contributed by atoms with Crippen LogP contribution in [0.25, 0.3) is 5.57 Å². The third-order valence-corrected chi connectivity index (χ3v) is 7.27. The van der Waals surface area contributed by atoms with E-state index in [0.717, 1.165) is 43.5 Å². The number of ether oxygens (including phenoxy) is 1. The summed E-state index contributed by atoms with van der Waals surface area (Å²) in [5.74, 6) is -0.240. The first-order valence-corrected chi connectivity index (χ1v) is 11.8. The lowest BCUT2D eigenvalue weighted by molar-refractivity contribution is -0.147. The molecule has 34 heavy (non-hydrogen) atoms. The zero-order valence-corrected chi connectivity index (χ0v) is 19.1. The molecule has 0 bridgehead atoms. The van der Waals surface area contributed by atoms with E-state index in [-0.39, 0.29) is 18.4 Å². The second kappa shape index (κ2) is 8.77. The van der Waals surface area contributed by atoms with Gasteiger partial charge in [0.05, 0.1) is 11.5 Å². The Balaban J connectivity index is 1.25. The lowest BCUT2D eigenvalue weighted by atomic mass is 9.85. The minimum atomic E-state index is -4.33. The van der Waals surface area contributed by atoms with E-state index < -0.39 is 17.7 Å². The molecule has 0 aromatic heterocycles. The molecular formula is C27H28F3NO3. The van der Waals surface area contributed by atoms with Crippen LogP contribution in [-0.2, 0) is 24.0 Å². The highest BCUT2D eigenvalue weighted by molar-refractivity contribution is 5.73. The Morgan fingerprint density at radius 2 is 1.88 bits per heavy atom. The molecule has 0 spiro atoms. The van der Waals surface area contributed by atoms with E-state index in [0.29, 0.717) is 18.7 Å². The number of rotatable bonds is 7. The monoisotopic (exact) mass is 471 g/mol. The third kappa shape index (κ3) is 4.71. The number of hydrogen-bond acceptors (Lipinski definition) is 3. The molecule has 1 aliphatic heterocycles. The fraction of sp³-hybridized carbons (Fsp3) is 0.444. The van der Waals surface area contributed by atoms with Gasteiger partial charge in [0.2, 0.25) is 0 Å². The molecule has 0 radical (unpaired) electrons. The summed E-state index contributed by atoms with van der Waals surface area (Å²) < 4.78 is 45.9. The average Bonchev–Trinajstić information content (AvgIpc) is 3.60. The van der Waals surface area contributed by atoms with Gasteiger partial charge in [-0.25, -0.2) is 0 Å². The molecule has 2 aromatic rings. The van der Waals surface area contributed by atoms with Crippen LogP contribution in [0.1, 0.15) is 59.9 Å². The normalized spacial score (nSPS) is 19.1. The maximum atomic E-state index is 13.3. The Morgan fingerprint density at radius 1 is 1.12 bits per heavy atom. The third-order valence-electron chi connectivity index (χ3n) is 7.27. The molecule has 1 saturated carbocycles. The van der Waals surface area contributed by atoms with Gasteiger partial charge in [0.15, 0.2) is 0 Å². The molecule has 1 heterocycles. The molecule has 2 fully saturated rings. The number of carboxylic acids is 1. The van der Waals surface area contributed by atoms with Crippen LogP contribution in [0.5, 0.6) is 5.75 Å². The summed E-state index contributed by atoms with van der Waals surface area (Å²) in [6, 6.07) is 10.4. The smallest absolute Gasteiger partial charge is 0.416 e. The molecule has 2 aliphatic carbocycles. The van der Waals surface area contributed by atoms with Crippen LogP contribution in [0.3, 0.4) is 0 Å². The molecule has 5 rings (SSSR count). The van der Waals surface area contributed by atoms with Crippen LogP contribution in [0.15, 0.2) is 42.0 Å². The topological polar surface area (TPSA) is 49.8 Å². The highest BCUT2D eigenvalue weighted by atomic mass is 19.4. The molecular weight excluding hydrogens is 443 g/mol. The van der Waals surface area contributed by atoms with Crippen molar-refractivity contribution in [2.75, 3.05) is 19.6 Å². The zero-order chi connectivity index (χ0) is 24.0. The van der Waals surface area contributed by atoms with E-state index in [1.165, 1.54) is 34.4 Å². The largest absolute Gasteiger partial charge is 0.489 e. The molecule has 2 aromatic carbocycles. The predicted molar refractivity (Wildman–Crippen MR) is 123 cm³/mol. The summed E-state index contributed by atoms with van der Waals surface area (Å²) in [6.07, 6.45) is -0.884.